The van der Waals surface area contributed by atoms with E-state index in [0.29, 0.717) is 29.4 Å². The predicted molar refractivity (Wildman–Crippen MR) is 147 cm³/mol. The second-order valence-electron chi connectivity index (χ2n) is 8.13. The highest BCUT2D eigenvalue weighted by Gasteiger charge is 2.27. The van der Waals surface area contributed by atoms with Gasteiger partial charge in [0.1, 0.15) is 24.7 Å². The predicted octanol–water partition coefficient (Wildman–Crippen LogP) is 4.62. The molecular weight excluding hydrogens is 502 g/mol. The van der Waals surface area contributed by atoms with E-state index < -0.39 is 22.5 Å². The van der Waals surface area contributed by atoms with Gasteiger partial charge in [-0.25, -0.2) is 13.8 Å². The van der Waals surface area contributed by atoms with Gasteiger partial charge in [-0.1, -0.05) is 60.7 Å². The number of hydrazone groups is 1. The highest BCUT2D eigenvalue weighted by molar-refractivity contribution is 7.92. The Morgan fingerprint density at radius 3 is 2.18 bits per heavy atom. The van der Waals surface area contributed by atoms with Crippen LogP contribution in [0.4, 0.5) is 5.69 Å². The molecule has 9 heteroatoms. The number of rotatable bonds is 11. The maximum absolute atomic E-state index is 13.4. The van der Waals surface area contributed by atoms with Gasteiger partial charge < -0.3 is 9.47 Å². The molecule has 0 aromatic heterocycles. The van der Waals surface area contributed by atoms with Crippen LogP contribution in [0.1, 0.15) is 11.1 Å². The van der Waals surface area contributed by atoms with Gasteiger partial charge in [-0.3, -0.25) is 9.10 Å². The number of para-hydroxylation sites is 2. The van der Waals surface area contributed by atoms with Gasteiger partial charge in [0.15, 0.2) is 0 Å². The summed E-state index contributed by atoms with van der Waals surface area (Å²) < 4.78 is 39.0. The van der Waals surface area contributed by atoms with E-state index in [2.05, 4.69) is 10.5 Å². The highest BCUT2D eigenvalue weighted by atomic mass is 32.2. The number of carbonyl (C=O) groups is 1. The van der Waals surface area contributed by atoms with E-state index in [1.54, 1.807) is 48.5 Å². The lowest BCUT2D eigenvalue weighted by Gasteiger charge is -2.23. The molecule has 38 heavy (non-hydrogen) atoms. The van der Waals surface area contributed by atoms with Crippen LogP contribution in [0.15, 0.2) is 119 Å². The number of methoxy groups -OCH3 is 1. The third-order valence-electron chi connectivity index (χ3n) is 5.53. The highest BCUT2D eigenvalue weighted by Crippen LogP contribution is 2.25. The van der Waals surface area contributed by atoms with Crippen LogP contribution in [-0.2, 0) is 21.4 Å². The number of hydrogen-bond donors (Lipinski definition) is 1. The molecule has 0 aliphatic rings. The quantitative estimate of drug-likeness (QED) is 0.226. The number of benzene rings is 4. The SMILES string of the molecule is COc1ccc(S(=O)(=O)N(CC(=O)N/N=C\c2ccccc2OCc2ccccc2)c2ccccc2)cc1. The van der Waals surface area contributed by atoms with Crippen LogP contribution < -0.4 is 19.2 Å². The first-order chi connectivity index (χ1) is 18.5. The number of nitrogens with zero attached hydrogens (tertiary/aromatic N) is 2. The van der Waals surface area contributed by atoms with Crippen LogP contribution in [0.3, 0.4) is 0 Å². The Balaban J connectivity index is 1.47. The van der Waals surface area contributed by atoms with Crippen molar-refractivity contribution in [3.63, 3.8) is 0 Å². The molecule has 1 amide bonds. The third kappa shape index (κ3) is 6.77. The van der Waals surface area contributed by atoms with Gasteiger partial charge in [0.25, 0.3) is 15.9 Å². The van der Waals surface area contributed by atoms with Gasteiger partial charge in [0, 0.05) is 5.56 Å². The van der Waals surface area contributed by atoms with Crippen LogP contribution in [-0.4, -0.2) is 34.2 Å². The van der Waals surface area contributed by atoms with Crippen LogP contribution in [0.25, 0.3) is 0 Å². The Kier molecular flexibility index (Phi) is 8.73. The Morgan fingerprint density at radius 2 is 1.50 bits per heavy atom. The fourth-order valence-electron chi connectivity index (χ4n) is 3.58. The molecule has 0 fully saturated rings. The number of ether oxygens (including phenoxy) is 2. The molecule has 0 aliphatic carbocycles. The van der Waals surface area contributed by atoms with Crippen molar-refractivity contribution < 1.29 is 22.7 Å². The molecule has 0 atom stereocenters. The van der Waals surface area contributed by atoms with Gasteiger partial charge in [0.05, 0.1) is 23.9 Å². The van der Waals surface area contributed by atoms with Crippen LogP contribution in [0.2, 0.25) is 0 Å². The van der Waals surface area contributed by atoms with E-state index in [-0.39, 0.29) is 4.90 Å². The minimum Gasteiger partial charge on any atom is -0.497 e. The average Bonchev–Trinajstić information content (AvgIpc) is 2.96. The summed E-state index contributed by atoms with van der Waals surface area (Å²) in [6.07, 6.45) is 1.46. The molecular formula is C29H27N3O5S. The van der Waals surface area contributed by atoms with Crippen molar-refractivity contribution in [2.75, 3.05) is 18.0 Å². The molecule has 194 valence electrons. The molecule has 0 unspecified atom stereocenters. The molecule has 1 N–H and O–H groups in total. The van der Waals surface area contributed by atoms with Crippen molar-refractivity contribution in [1.29, 1.82) is 0 Å². The summed E-state index contributed by atoms with van der Waals surface area (Å²) in [5.74, 6) is 0.516. The van der Waals surface area contributed by atoms with Gasteiger partial charge in [-0.2, -0.15) is 5.10 Å². The molecule has 0 spiro atoms. The monoisotopic (exact) mass is 529 g/mol. The molecule has 0 heterocycles. The summed E-state index contributed by atoms with van der Waals surface area (Å²) in [5, 5.41) is 4.04. The summed E-state index contributed by atoms with van der Waals surface area (Å²) in [4.78, 5) is 12.8. The zero-order valence-corrected chi connectivity index (χ0v) is 21.5. The number of anilines is 1. The standard InChI is InChI=1S/C29H27N3O5S/c1-36-26-16-18-27(19-17-26)38(34,35)32(25-13-6-3-7-14-25)21-29(33)31-30-20-24-12-8-9-15-28(24)37-22-23-10-4-2-5-11-23/h2-20H,21-22H2,1H3,(H,31,33)/b30-20-. The Hall–Kier alpha value is -4.63. The lowest BCUT2D eigenvalue weighted by molar-refractivity contribution is -0.119. The van der Waals surface area contributed by atoms with Crippen LogP contribution in [0, 0.1) is 0 Å². The van der Waals surface area contributed by atoms with E-state index in [9.17, 15) is 13.2 Å². The van der Waals surface area contributed by atoms with Crippen molar-refractivity contribution in [2.24, 2.45) is 5.10 Å². The van der Waals surface area contributed by atoms with E-state index in [1.165, 1.54) is 25.5 Å². The van der Waals surface area contributed by atoms with E-state index in [1.807, 2.05) is 48.5 Å². The summed E-state index contributed by atoms with van der Waals surface area (Å²) in [5.41, 5.74) is 4.45. The summed E-state index contributed by atoms with van der Waals surface area (Å²) in [6, 6.07) is 31.4. The molecule has 0 saturated heterocycles. The molecule has 4 rings (SSSR count). The van der Waals surface area contributed by atoms with E-state index in [0.717, 1.165) is 9.87 Å². The molecule has 8 nitrogen and oxygen atoms in total. The van der Waals surface area contributed by atoms with Crippen molar-refractivity contribution >= 4 is 27.8 Å². The third-order valence-corrected chi connectivity index (χ3v) is 7.32. The topological polar surface area (TPSA) is 97.3 Å². The number of carbonyl (C=O) groups excluding carboxylic acids is 1. The maximum Gasteiger partial charge on any atom is 0.264 e. The zero-order valence-electron chi connectivity index (χ0n) is 20.7. The van der Waals surface area contributed by atoms with E-state index >= 15 is 0 Å². The van der Waals surface area contributed by atoms with Crippen molar-refractivity contribution in [3.8, 4) is 11.5 Å². The molecule has 4 aromatic carbocycles. The van der Waals surface area contributed by atoms with Crippen LogP contribution in [0.5, 0.6) is 11.5 Å². The first kappa shape index (κ1) is 26.4. The normalized spacial score (nSPS) is 11.2. The smallest absolute Gasteiger partial charge is 0.264 e. The van der Waals surface area contributed by atoms with Gasteiger partial charge >= 0.3 is 0 Å². The van der Waals surface area contributed by atoms with Gasteiger partial charge in [0.2, 0.25) is 0 Å². The largest absolute Gasteiger partial charge is 0.497 e. The maximum atomic E-state index is 13.4. The fourth-order valence-corrected chi connectivity index (χ4v) is 5.00. The first-order valence-corrected chi connectivity index (χ1v) is 13.2. The average molecular weight is 530 g/mol. The lowest BCUT2D eigenvalue weighted by atomic mass is 10.2. The number of nitrogens with one attached hydrogen (secondary N) is 1. The second kappa shape index (κ2) is 12.6. The van der Waals surface area contributed by atoms with Gasteiger partial charge in [-0.15, -0.1) is 0 Å². The summed E-state index contributed by atoms with van der Waals surface area (Å²) in [6.45, 7) is -0.0881. The molecule has 0 radical (unpaired) electrons. The summed E-state index contributed by atoms with van der Waals surface area (Å²) >= 11 is 0. The van der Waals surface area contributed by atoms with E-state index in [4.69, 9.17) is 9.47 Å². The minimum absolute atomic E-state index is 0.0305. The molecule has 0 aliphatic heterocycles. The molecule has 0 saturated carbocycles. The number of hydrogen-bond acceptors (Lipinski definition) is 6. The Bertz CT molecular complexity index is 1480. The Labute approximate surface area is 222 Å². The fraction of sp³-hybridized carbons (Fsp3) is 0.103. The van der Waals surface area contributed by atoms with Crippen molar-refractivity contribution in [2.45, 2.75) is 11.5 Å². The van der Waals surface area contributed by atoms with Gasteiger partial charge in [-0.05, 0) is 54.1 Å². The second-order valence-corrected chi connectivity index (χ2v) is 9.99. The van der Waals surface area contributed by atoms with Crippen molar-refractivity contribution in [3.05, 3.63) is 120 Å². The van der Waals surface area contributed by atoms with Crippen LogP contribution >= 0.6 is 0 Å². The lowest BCUT2D eigenvalue weighted by Crippen LogP contribution is -2.39. The molecule has 0 bridgehead atoms. The Morgan fingerprint density at radius 1 is 0.868 bits per heavy atom. The molecule has 4 aromatic rings. The number of sulfonamides is 1. The number of amides is 1. The first-order valence-electron chi connectivity index (χ1n) is 11.8. The zero-order chi connectivity index (χ0) is 26.8. The van der Waals surface area contributed by atoms with Crippen molar-refractivity contribution in [1.82, 2.24) is 5.43 Å². The summed E-state index contributed by atoms with van der Waals surface area (Å²) in [7, 11) is -2.55. The minimum atomic E-state index is -4.05.